The quantitative estimate of drug-likeness (QED) is 0.850. The molecule has 1 heterocycles. The zero-order chi connectivity index (χ0) is 11.4. The Kier molecular flexibility index (Phi) is 2.86. The zero-order valence-electron chi connectivity index (χ0n) is 8.42. The molecule has 0 unspecified atom stereocenters. The van der Waals surface area contributed by atoms with Gasteiger partial charge in [-0.3, -0.25) is 0 Å². The standard InChI is InChI=1S/C11H10N2O3/c12-11(14)16-10-7-15-9(13-10)6-8-4-2-1-3-5-8/h1-5,7H,6H2,(H2,12,14). The van der Waals surface area contributed by atoms with E-state index in [2.05, 4.69) is 9.72 Å². The van der Waals surface area contributed by atoms with Crippen molar-refractivity contribution in [3.05, 3.63) is 48.0 Å². The minimum atomic E-state index is -0.903. The van der Waals surface area contributed by atoms with Gasteiger partial charge in [0, 0.05) is 6.42 Å². The highest BCUT2D eigenvalue weighted by atomic mass is 16.6. The summed E-state index contributed by atoms with van der Waals surface area (Å²) in [6.45, 7) is 0. The van der Waals surface area contributed by atoms with Gasteiger partial charge >= 0.3 is 6.09 Å². The Hall–Kier alpha value is -2.30. The molecule has 0 spiro atoms. The molecule has 0 saturated heterocycles. The summed E-state index contributed by atoms with van der Waals surface area (Å²) in [5.74, 6) is 0.556. The van der Waals surface area contributed by atoms with Crippen molar-refractivity contribution in [1.29, 1.82) is 0 Å². The summed E-state index contributed by atoms with van der Waals surface area (Å²) >= 11 is 0. The minimum Gasteiger partial charge on any atom is -0.444 e. The maximum Gasteiger partial charge on any atom is 0.411 e. The van der Waals surface area contributed by atoms with Crippen molar-refractivity contribution in [2.75, 3.05) is 0 Å². The number of rotatable bonds is 3. The summed E-state index contributed by atoms with van der Waals surface area (Å²) in [5, 5.41) is 0. The smallest absolute Gasteiger partial charge is 0.411 e. The zero-order valence-corrected chi connectivity index (χ0v) is 8.42. The number of carbonyl (C=O) groups is 1. The molecule has 2 aromatic rings. The molecule has 82 valence electrons. The molecule has 0 aliphatic rings. The summed E-state index contributed by atoms with van der Waals surface area (Å²) in [6, 6.07) is 9.70. The Morgan fingerprint density at radius 3 is 2.81 bits per heavy atom. The van der Waals surface area contributed by atoms with E-state index in [4.69, 9.17) is 10.2 Å². The SMILES string of the molecule is NC(=O)Oc1coc(Cc2ccccc2)n1. The third-order valence-electron chi connectivity index (χ3n) is 1.93. The number of nitrogens with two attached hydrogens (primary N) is 1. The third-order valence-corrected chi connectivity index (χ3v) is 1.93. The van der Waals surface area contributed by atoms with Crippen LogP contribution in [-0.4, -0.2) is 11.1 Å². The van der Waals surface area contributed by atoms with Crippen molar-refractivity contribution in [3.8, 4) is 5.88 Å². The van der Waals surface area contributed by atoms with Crippen LogP contribution in [0.15, 0.2) is 41.0 Å². The van der Waals surface area contributed by atoms with Gasteiger partial charge in [0.1, 0.15) is 0 Å². The molecule has 1 amide bonds. The minimum absolute atomic E-state index is 0.0819. The predicted octanol–water partition coefficient (Wildman–Crippen LogP) is 1.72. The largest absolute Gasteiger partial charge is 0.444 e. The first-order valence-electron chi connectivity index (χ1n) is 4.69. The van der Waals surface area contributed by atoms with Crippen LogP contribution in [0.25, 0.3) is 0 Å². The number of aromatic nitrogens is 1. The fourth-order valence-corrected chi connectivity index (χ4v) is 1.30. The van der Waals surface area contributed by atoms with Gasteiger partial charge in [-0.1, -0.05) is 30.3 Å². The normalized spacial score (nSPS) is 10.0. The molecule has 0 fully saturated rings. The van der Waals surface area contributed by atoms with E-state index < -0.39 is 6.09 Å². The number of hydrogen-bond donors (Lipinski definition) is 1. The van der Waals surface area contributed by atoms with E-state index in [-0.39, 0.29) is 5.88 Å². The summed E-state index contributed by atoms with van der Waals surface area (Å²) in [6.07, 6.45) is 0.894. The van der Waals surface area contributed by atoms with Gasteiger partial charge in [-0.2, -0.15) is 4.98 Å². The first-order chi connectivity index (χ1) is 7.74. The van der Waals surface area contributed by atoms with Crippen molar-refractivity contribution >= 4 is 6.09 Å². The van der Waals surface area contributed by atoms with E-state index in [1.165, 1.54) is 6.26 Å². The highest BCUT2D eigenvalue weighted by Crippen LogP contribution is 2.13. The maximum absolute atomic E-state index is 10.5. The summed E-state index contributed by atoms with van der Waals surface area (Å²) in [7, 11) is 0. The monoisotopic (exact) mass is 218 g/mol. The average molecular weight is 218 g/mol. The van der Waals surface area contributed by atoms with E-state index in [0.717, 1.165) is 5.56 Å². The fraction of sp³-hybridized carbons (Fsp3) is 0.0909. The van der Waals surface area contributed by atoms with Crippen LogP contribution in [0.1, 0.15) is 11.5 Å². The second-order valence-corrected chi connectivity index (χ2v) is 3.16. The number of amides is 1. The lowest BCUT2D eigenvalue weighted by atomic mass is 10.2. The molecule has 2 N–H and O–H groups in total. The van der Waals surface area contributed by atoms with Gasteiger partial charge in [0.25, 0.3) is 5.88 Å². The summed E-state index contributed by atoms with van der Waals surface area (Å²) in [5.41, 5.74) is 5.91. The van der Waals surface area contributed by atoms with Crippen LogP contribution in [0.3, 0.4) is 0 Å². The van der Waals surface area contributed by atoms with Crippen LogP contribution in [0, 0.1) is 0 Å². The fourth-order valence-electron chi connectivity index (χ4n) is 1.30. The van der Waals surface area contributed by atoms with E-state index in [0.29, 0.717) is 12.3 Å². The Bertz CT molecular complexity index is 479. The second-order valence-electron chi connectivity index (χ2n) is 3.16. The number of nitrogens with zero attached hydrogens (tertiary/aromatic N) is 1. The molecular weight excluding hydrogens is 208 g/mol. The number of ether oxygens (including phenoxy) is 1. The van der Waals surface area contributed by atoms with Gasteiger partial charge in [0.2, 0.25) is 5.89 Å². The Morgan fingerprint density at radius 1 is 1.38 bits per heavy atom. The van der Waals surface area contributed by atoms with Crippen molar-refractivity contribution in [1.82, 2.24) is 4.98 Å². The summed E-state index contributed by atoms with van der Waals surface area (Å²) in [4.78, 5) is 14.4. The van der Waals surface area contributed by atoms with Crippen LogP contribution in [0.4, 0.5) is 4.79 Å². The molecular formula is C11H10N2O3. The molecule has 5 heteroatoms. The van der Waals surface area contributed by atoms with E-state index in [1.807, 2.05) is 30.3 Å². The molecule has 5 nitrogen and oxygen atoms in total. The molecule has 1 aromatic heterocycles. The lowest BCUT2D eigenvalue weighted by molar-refractivity contribution is 0.209. The lowest BCUT2D eigenvalue weighted by Gasteiger charge is -1.95. The van der Waals surface area contributed by atoms with Gasteiger partial charge in [0.15, 0.2) is 6.26 Å². The van der Waals surface area contributed by atoms with Crippen molar-refractivity contribution < 1.29 is 13.9 Å². The van der Waals surface area contributed by atoms with E-state index in [9.17, 15) is 4.79 Å². The molecule has 0 bridgehead atoms. The topological polar surface area (TPSA) is 78.4 Å². The first kappa shape index (κ1) is 10.2. The predicted molar refractivity (Wildman–Crippen MR) is 56.0 cm³/mol. The molecule has 1 aromatic carbocycles. The lowest BCUT2D eigenvalue weighted by Crippen LogP contribution is -2.16. The molecule has 0 radical (unpaired) electrons. The van der Waals surface area contributed by atoms with Crippen LogP contribution >= 0.6 is 0 Å². The van der Waals surface area contributed by atoms with Crippen molar-refractivity contribution in [2.45, 2.75) is 6.42 Å². The van der Waals surface area contributed by atoms with Crippen LogP contribution in [0.5, 0.6) is 5.88 Å². The maximum atomic E-state index is 10.5. The summed E-state index contributed by atoms with van der Waals surface area (Å²) < 4.78 is 9.69. The van der Waals surface area contributed by atoms with E-state index in [1.54, 1.807) is 0 Å². The molecule has 16 heavy (non-hydrogen) atoms. The number of hydrogen-bond acceptors (Lipinski definition) is 4. The van der Waals surface area contributed by atoms with Crippen LogP contribution in [0.2, 0.25) is 0 Å². The number of primary amides is 1. The van der Waals surface area contributed by atoms with Gasteiger partial charge in [0.05, 0.1) is 0 Å². The van der Waals surface area contributed by atoms with Crippen LogP contribution < -0.4 is 10.5 Å². The molecule has 0 aliphatic carbocycles. The number of oxazole rings is 1. The van der Waals surface area contributed by atoms with Gasteiger partial charge in [-0.25, -0.2) is 4.79 Å². The average Bonchev–Trinajstić information content (AvgIpc) is 2.66. The number of carbonyl (C=O) groups excluding carboxylic acids is 1. The van der Waals surface area contributed by atoms with E-state index >= 15 is 0 Å². The Labute approximate surface area is 91.8 Å². The molecule has 0 aliphatic heterocycles. The van der Waals surface area contributed by atoms with Gasteiger partial charge < -0.3 is 14.9 Å². The van der Waals surface area contributed by atoms with Crippen molar-refractivity contribution in [3.63, 3.8) is 0 Å². The third kappa shape index (κ3) is 2.60. The van der Waals surface area contributed by atoms with Crippen LogP contribution in [-0.2, 0) is 6.42 Å². The molecule has 0 atom stereocenters. The Morgan fingerprint density at radius 2 is 2.12 bits per heavy atom. The van der Waals surface area contributed by atoms with Crippen molar-refractivity contribution in [2.24, 2.45) is 5.73 Å². The number of benzene rings is 1. The Balaban J connectivity index is 2.06. The highest BCUT2D eigenvalue weighted by molar-refractivity contribution is 5.67. The first-order valence-corrected chi connectivity index (χ1v) is 4.69. The van der Waals surface area contributed by atoms with Gasteiger partial charge in [-0.05, 0) is 5.56 Å². The van der Waals surface area contributed by atoms with Gasteiger partial charge in [-0.15, -0.1) is 0 Å². The molecule has 2 rings (SSSR count). The second kappa shape index (κ2) is 4.48. The molecule has 0 saturated carbocycles. The highest BCUT2D eigenvalue weighted by Gasteiger charge is 2.07.